The predicted molar refractivity (Wildman–Crippen MR) is 58.0 cm³/mol. The molecule has 0 aliphatic rings. The third-order valence-corrected chi connectivity index (χ3v) is 1.96. The summed E-state index contributed by atoms with van der Waals surface area (Å²) in [4.78, 5) is 22.5. The van der Waals surface area contributed by atoms with Gasteiger partial charge >= 0.3 is 5.97 Å². The summed E-state index contributed by atoms with van der Waals surface area (Å²) in [5.74, 6) is -5.07. The number of halogens is 2. The Morgan fingerprint density at radius 3 is 2.56 bits per heavy atom. The Bertz CT molecular complexity index is 509. The summed E-state index contributed by atoms with van der Waals surface area (Å²) in [6, 6.07) is 2.49. The van der Waals surface area contributed by atoms with Gasteiger partial charge in [-0.25, -0.2) is 13.6 Å². The third kappa shape index (κ3) is 3.38. The SMILES string of the molecule is CCOC(=O)C(O)=CC(=O)c1ccc(F)c(F)c1. The lowest BCUT2D eigenvalue weighted by Gasteiger charge is -2.00. The topological polar surface area (TPSA) is 63.6 Å². The van der Waals surface area contributed by atoms with E-state index in [9.17, 15) is 23.5 Å². The molecule has 4 nitrogen and oxygen atoms in total. The van der Waals surface area contributed by atoms with Crippen LogP contribution < -0.4 is 0 Å². The van der Waals surface area contributed by atoms with Crippen molar-refractivity contribution in [2.24, 2.45) is 0 Å². The molecule has 0 unspecified atom stereocenters. The van der Waals surface area contributed by atoms with E-state index >= 15 is 0 Å². The lowest BCUT2D eigenvalue weighted by Crippen LogP contribution is -2.09. The van der Waals surface area contributed by atoms with Gasteiger partial charge in [-0.1, -0.05) is 0 Å². The van der Waals surface area contributed by atoms with Crippen LogP contribution >= 0.6 is 0 Å². The van der Waals surface area contributed by atoms with Gasteiger partial charge in [0.25, 0.3) is 0 Å². The van der Waals surface area contributed by atoms with Crippen molar-refractivity contribution < 1.29 is 28.2 Å². The lowest BCUT2D eigenvalue weighted by molar-refractivity contribution is -0.141. The van der Waals surface area contributed by atoms with E-state index in [0.717, 1.165) is 12.1 Å². The van der Waals surface area contributed by atoms with Gasteiger partial charge in [0.05, 0.1) is 6.61 Å². The zero-order valence-electron chi connectivity index (χ0n) is 9.44. The highest BCUT2D eigenvalue weighted by atomic mass is 19.2. The maximum atomic E-state index is 12.9. The highest BCUT2D eigenvalue weighted by Crippen LogP contribution is 2.10. The maximum Gasteiger partial charge on any atom is 0.373 e. The molecule has 0 saturated carbocycles. The average Bonchev–Trinajstić information content (AvgIpc) is 2.32. The number of rotatable bonds is 4. The quantitative estimate of drug-likeness (QED) is 0.388. The molecule has 96 valence electrons. The molecule has 0 fully saturated rings. The van der Waals surface area contributed by atoms with Crippen LogP contribution in [0.2, 0.25) is 0 Å². The standard InChI is InChI=1S/C12H10F2O4/c1-2-18-12(17)11(16)6-10(15)7-3-4-8(13)9(14)5-7/h3-6,16H,2H2,1H3. The molecule has 18 heavy (non-hydrogen) atoms. The largest absolute Gasteiger partial charge is 0.502 e. The van der Waals surface area contributed by atoms with Gasteiger partial charge in [0.1, 0.15) is 0 Å². The van der Waals surface area contributed by atoms with Gasteiger partial charge in [0.2, 0.25) is 5.76 Å². The smallest absolute Gasteiger partial charge is 0.373 e. The molecule has 0 amide bonds. The molecule has 0 atom stereocenters. The zero-order chi connectivity index (χ0) is 13.7. The van der Waals surface area contributed by atoms with Crippen LogP contribution in [0.15, 0.2) is 30.0 Å². The van der Waals surface area contributed by atoms with Crippen LogP contribution in [0.4, 0.5) is 8.78 Å². The number of carbonyl (C=O) groups excluding carboxylic acids is 2. The average molecular weight is 256 g/mol. The molecular weight excluding hydrogens is 246 g/mol. The Labute approximate surface area is 101 Å². The fraction of sp³-hybridized carbons (Fsp3) is 0.167. The molecular formula is C12H10F2O4. The van der Waals surface area contributed by atoms with Crippen LogP contribution in [0, 0.1) is 11.6 Å². The van der Waals surface area contributed by atoms with Gasteiger partial charge in [-0.05, 0) is 25.1 Å². The van der Waals surface area contributed by atoms with Gasteiger partial charge in [0, 0.05) is 11.6 Å². The Morgan fingerprint density at radius 1 is 1.33 bits per heavy atom. The molecule has 0 heterocycles. The molecule has 0 radical (unpaired) electrons. The van der Waals surface area contributed by atoms with Crippen LogP contribution in [0.3, 0.4) is 0 Å². The number of ether oxygens (including phenoxy) is 1. The van der Waals surface area contributed by atoms with Crippen molar-refractivity contribution in [3.63, 3.8) is 0 Å². The molecule has 0 spiro atoms. The van der Waals surface area contributed by atoms with Crippen molar-refractivity contribution in [2.45, 2.75) is 6.92 Å². The predicted octanol–water partition coefficient (Wildman–Crippen LogP) is 2.15. The highest BCUT2D eigenvalue weighted by Gasteiger charge is 2.13. The summed E-state index contributed by atoms with van der Waals surface area (Å²) < 4.78 is 29.9. The first-order chi connectivity index (χ1) is 8.45. The number of hydrogen-bond acceptors (Lipinski definition) is 4. The minimum Gasteiger partial charge on any atom is -0.502 e. The number of benzene rings is 1. The first kappa shape index (κ1) is 13.8. The van der Waals surface area contributed by atoms with E-state index < -0.39 is 29.1 Å². The normalized spacial score (nSPS) is 11.2. The fourth-order valence-electron chi connectivity index (χ4n) is 1.12. The first-order valence-corrected chi connectivity index (χ1v) is 5.03. The van der Waals surface area contributed by atoms with Gasteiger partial charge < -0.3 is 9.84 Å². The summed E-state index contributed by atoms with van der Waals surface area (Å²) >= 11 is 0. The van der Waals surface area contributed by atoms with Crippen LogP contribution in [-0.2, 0) is 9.53 Å². The van der Waals surface area contributed by atoms with Gasteiger partial charge in [0.15, 0.2) is 17.4 Å². The van der Waals surface area contributed by atoms with Crippen molar-refractivity contribution in [1.29, 1.82) is 0 Å². The summed E-state index contributed by atoms with van der Waals surface area (Å²) in [6.07, 6.45) is 0.588. The lowest BCUT2D eigenvalue weighted by atomic mass is 10.1. The molecule has 0 saturated heterocycles. The van der Waals surface area contributed by atoms with Gasteiger partial charge in [-0.15, -0.1) is 0 Å². The zero-order valence-corrected chi connectivity index (χ0v) is 9.44. The van der Waals surface area contributed by atoms with Crippen LogP contribution in [0.25, 0.3) is 0 Å². The molecule has 0 aliphatic heterocycles. The summed E-state index contributed by atoms with van der Waals surface area (Å²) in [5.41, 5.74) is -0.190. The van der Waals surface area contributed by atoms with Gasteiger partial charge in [-0.3, -0.25) is 4.79 Å². The van der Waals surface area contributed by atoms with Crippen LogP contribution in [0.1, 0.15) is 17.3 Å². The molecule has 0 aliphatic carbocycles. The fourth-order valence-corrected chi connectivity index (χ4v) is 1.12. The molecule has 0 bridgehead atoms. The van der Waals surface area contributed by atoms with E-state index in [-0.39, 0.29) is 12.2 Å². The van der Waals surface area contributed by atoms with Crippen molar-refractivity contribution in [3.05, 3.63) is 47.2 Å². The number of esters is 1. The molecule has 1 N–H and O–H groups in total. The summed E-state index contributed by atoms with van der Waals surface area (Å²) in [5, 5.41) is 9.20. The Hall–Kier alpha value is -2.24. The molecule has 1 rings (SSSR count). The number of ketones is 1. The van der Waals surface area contributed by atoms with E-state index in [4.69, 9.17) is 0 Å². The molecule has 0 aromatic heterocycles. The number of allylic oxidation sites excluding steroid dienone is 1. The van der Waals surface area contributed by atoms with Crippen LogP contribution in [-0.4, -0.2) is 23.5 Å². The third-order valence-electron chi connectivity index (χ3n) is 1.96. The molecule has 1 aromatic rings. The van der Waals surface area contributed by atoms with E-state index in [2.05, 4.69) is 4.74 Å². The second-order valence-electron chi connectivity index (χ2n) is 3.24. The maximum absolute atomic E-state index is 12.9. The highest BCUT2D eigenvalue weighted by molar-refractivity contribution is 6.07. The number of carbonyl (C=O) groups is 2. The number of aliphatic hydroxyl groups excluding tert-OH is 1. The monoisotopic (exact) mass is 256 g/mol. The minimum absolute atomic E-state index is 0.0378. The molecule has 1 aromatic carbocycles. The second kappa shape index (κ2) is 5.90. The first-order valence-electron chi connectivity index (χ1n) is 5.03. The number of aliphatic hydroxyl groups is 1. The van der Waals surface area contributed by atoms with Crippen molar-refractivity contribution in [1.82, 2.24) is 0 Å². The number of hydrogen-bond donors (Lipinski definition) is 1. The summed E-state index contributed by atoms with van der Waals surface area (Å²) in [6.45, 7) is 1.57. The van der Waals surface area contributed by atoms with E-state index in [1.807, 2.05) is 0 Å². The van der Waals surface area contributed by atoms with E-state index in [0.29, 0.717) is 12.1 Å². The minimum atomic E-state index is -1.19. The Balaban J connectivity index is 2.91. The molecule has 6 heteroatoms. The second-order valence-corrected chi connectivity index (χ2v) is 3.24. The van der Waals surface area contributed by atoms with E-state index in [1.54, 1.807) is 0 Å². The van der Waals surface area contributed by atoms with Crippen molar-refractivity contribution >= 4 is 11.8 Å². The van der Waals surface area contributed by atoms with Crippen molar-refractivity contribution in [2.75, 3.05) is 6.61 Å². The van der Waals surface area contributed by atoms with Gasteiger partial charge in [-0.2, -0.15) is 0 Å². The van der Waals surface area contributed by atoms with E-state index in [1.165, 1.54) is 6.92 Å². The van der Waals surface area contributed by atoms with Crippen molar-refractivity contribution in [3.8, 4) is 0 Å². The summed E-state index contributed by atoms with van der Waals surface area (Å²) in [7, 11) is 0. The Morgan fingerprint density at radius 2 is 2.00 bits per heavy atom. The Kier molecular flexibility index (Phi) is 4.53. The van der Waals surface area contributed by atoms with Crippen LogP contribution in [0.5, 0.6) is 0 Å².